The molecule has 0 bridgehead atoms. The standard InChI is InChI=1S/C23H23NO/c1-3-19-11-13-22(14-12-19)24-16-21-5-4-6-23(15-21)25-17-20-9-7-18(2)8-10-20/h4-16H,3,17H2,1-2H3. The highest BCUT2D eigenvalue weighted by molar-refractivity contribution is 5.82. The molecule has 2 nitrogen and oxygen atoms in total. The summed E-state index contributed by atoms with van der Waals surface area (Å²) in [6, 6.07) is 24.7. The lowest BCUT2D eigenvalue weighted by molar-refractivity contribution is 0.306. The Balaban J connectivity index is 1.64. The van der Waals surface area contributed by atoms with E-state index < -0.39 is 0 Å². The summed E-state index contributed by atoms with van der Waals surface area (Å²) in [6.07, 6.45) is 2.92. The molecule has 0 saturated carbocycles. The topological polar surface area (TPSA) is 21.6 Å². The molecule has 0 fully saturated rings. The first-order valence-electron chi connectivity index (χ1n) is 8.64. The molecule has 0 amide bonds. The minimum Gasteiger partial charge on any atom is -0.489 e. The van der Waals surface area contributed by atoms with Crippen LogP contribution in [0.15, 0.2) is 77.8 Å². The Hall–Kier alpha value is -2.87. The summed E-state index contributed by atoms with van der Waals surface area (Å²) in [6.45, 7) is 4.81. The van der Waals surface area contributed by atoms with Gasteiger partial charge in [-0.2, -0.15) is 0 Å². The van der Waals surface area contributed by atoms with Gasteiger partial charge in [0.2, 0.25) is 0 Å². The molecule has 0 saturated heterocycles. The minimum absolute atomic E-state index is 0.569. The maximum Gasteiger partial charge on any atom is 0.120 e. The number of ether oxygens (including phenoxy) is 1. The Morgan fingerprint density at radius 3 is 2.32 bits per heavy atom. The first-order chi connectivity index (χ1) is 12.2. The third-order valence-electron chi connectivity index (χ3n) is 4.09. The van der Waals surface area contributed by atoms with Crippen molar-refractivity contribution in [2.45, 2.75) is 26.9 Å². The van der Waals surface area contributed by atoms with Crippen molar-refractivity contribution in [2.75, 3.05) is 0 Å². The van der Waals surface area contributed by atoms with Crippen LogP contribution in [0.5, 0.6) is 5.75 Å². The summed E-state index contributed by atoms with van der Waals surface area (Å²) >= 11 is 0. The number of aliphatic imine (C=N–C) groups is 1. The lowest BCUT2D eigenvalue weighted by atomic mass is 10.1. The summed E-state index contributed by atoms with van der Waals surface area (Å²) in [5, 5.41) is 0. The molecule has 0 radical (unpaired) electrons. The Bertz CT molecular complexity index is 833. The summed E-state index contributed by atoms with van der Waals surface area (Å²) in [5.41, 5.74) is 5.74. The van der Waals surface area contributed by atoms with Crippen molar-refractivity contribution in [3.8, 4) is 5.75 Å². The van der Waals surface area contributed by atoms with E-state index in [2.05, 4.69) is 55.2 Å². The normalized spacial score (nSPS) is 11.0. The highest BCUT2D eigenvalue weighted by atomic mass is 16.5. The van der Waals surface area contributed by atoms with E-state index in [0.29, 0.717) is 6.61 Å². The molecule has 0 aliphatic carbocycles. The van der Waals surface area contributed by atoms with E-state index in [1.54, 1.807) is 0 Å². The fourth-order valence-corrected chi connectivity index (χ4v) is 2.50. The Kier molecular flexibility index (Phi) is 5.63. The third-order valence-corrected chi connectivity index (χ3v) is 4.09. The highest BCUT2D eigenvalue weighted by Gasteiger charge is 1.98. The quantitative estimate of drug-likeness (QED) is 0.517. The molecule has 2 heteroatoms. The van der Waals surface area contributed by atoms with Crippen molar-refractivity contribution in [3.05, 3.63) is 95.1 Å². The molecule has 0 spiro atoms. The average Bonchev–Trinajstić information content (AvgIpc) is 2.67. The molecular weight excluding hydrogens is 306 g/mol. The predicted molar refractivity (Wildman–Crippen MR) is 105 cm³/mol. The maximum absolute atomic E-state index is 5.89. The van der Waals surface area contributed by atoms with Crippen LogP contribution < -0.4 is 4.74 Å². The van der Waals surface area contributed by atoms with Crippen LogP contribution in [0.1, 0.15) is 29.2 Å². The van der Waals surface area contributed by atoms with Crippen LogP contribution in [0.25, 0.3) is 0 Å². The zero-order chi connectivity index (χ0) is 17.5. The van der Waals surface area contributed by atoms with E-state index in [4.69, 9.17) is 4.74 Å². The van der Waals surface area contributed by atoms with Crippen molar-refractivity contribution in [3.63, 3.8) is 0 Å². The lowest BCUT2D eigenvalue weighted by Crippen LogP contribution is -1.95. The second-order valence-electron chi connectivity index (χ2n) is 6.12. The molecular formula is C23H23NO. The highest BCUT2D eigenvalue weighted by Crippen LogP contribution is 2.17. The fraction of sp³-hybridized carbons (Fsp3) is 0.174. The molecule has 126 valence electrons. The number of hydrogen-bond acceptors (Lipinski definition) is 2. The Labute approximate surface area is 149 Å². The van der Waals surface area contributed by atoms with Gasteiger partial charge >= 0.3 is 0 Å². The smallest absolute Gasteiger partial charge is 0.120 e. The summed E-state index contributed by atoms with van der Waals surface area (Å²) in [4.78, 5) is 4.54. The number of nitrogens with zero attached hydrogens (tertiary/aromatic N) is 1. The van der Waals surface area contributed by atoms with E-state index in [-0.39, 0.29) is 0 Å². The van der Waals surface area contributed by atoms with Crippen LogP contribution in [0.4, 0.5) is 5.69 Å². The lowest BCUT2D eigenvalue weighted by Gasteiger charge is -2.07. The Morgan fingerprint density at radius 1 is 0.880 bits per heavy atom. The molecule has 3 aromatic rings. The number of benzene rings is 3. The zero-order valence-electron chi connectivity index (χ0n) is 14.8. The van der Waals surface area contributed by atoms with E-state index in [0.717, 1.165) is 23.4 Å². The Morgan fingerprint density at radius 2 is 1.60 bits per heavy atom. The monoisotopic (exact) mass is 329 g/mol. The summed E-state index contributed by atoms with van der Waals surface area (Å²) < 4.78 is 5.89. The fourth-order valence-electron chi connectivity index (χ4n) is 2.50. The average molecular weight is 329 g/mol. The maximum atomic E-state index is 5.89. The molecule has 3 rings (SSSR count). The third kappa shape index (κ3) is 5.05. The first-order valence-corrected chi connectivity index (χ1v) is 8.64. The van der Waals surface area contributed by atoms with E-state index in [9.17, 15) is 0 Å². The molecule has 25 heavy (non-hydrogen) atoms. The molecule has 0 N–H and O–H groups in total. The van der Waals surface area contributed by atoms with Gasteiger partial charge in [-0.15, -0.1) is 0 Å². The van der Waals surface area contributed by atoms with Gasteiger partial charge in [-0.1, -0.05) is 61.0 Å². The largest absolute Gasteiger partial charge is 0.489 e. The molecule has 0 aliphatic heterocycles. The van der Waals surface area contributed by atoms with Crippen molar-refractivity contribution < 1.29 is 4.74 Å². The van der Waals surface area contributed by atoms with Crippen LogP contribution in [0, 0.1) is 6.92 Å². The van der Waals surface area contributed by atoms with E-state index in [1.807, 2.05) is 42.6 Å². The van der Waals surface area contributed by atoms with Crippen LogP contribution in [0.3, 0.4) is 0 Å². The number of hydrogen-bond donors (Lipinski definition) is 0. The van der Waals surface area contributed by atoms with Gasteiger partial charge in [0, 0.05) is 6.21 Å². The van der Waals surface area contributed by atoms with Gasteiger partial charge in [0.05, 0.1) is 5.69 Å². The van der Waals surface area contributed by atoms with Crippen molar-refractivity contribution >= 4 is 11.9 Å². The van der Waals surface area contributed by atoms with Crippen LogP contribution >= 0.6 is 0 Å². The van der Waals surface area contributed by atoms with Gasteiger partial charge in [0.15, 0.2) is 0 Å². The van der Waals surface area contributed by atoms with Crippen LogP contribution in [0.2, 0.25) is 0 Å². The van der Waals surface area contributed by atoms with Crippen molar-refractivity contribution in [1.82, 2.24) is 0 Å². The second-order valence-corrected chi connectivity index (χ2v) is 6.12. The molecule has 0 aliphatic rings. The molecule has 0 heterocycles. The van der Waals surface area contributed by atoms with Crippen LogP contribution in [-0.4, -0.2) is 6.21 Å². The SMILES string of the molecule is CCc1ccc(N=Cc2cccc(OCc3ccc(C)cc3)c2)cc1. The first kappa shape index (κ1) is 17.0. The molecule has 0 unspecified atom stereocenters. The van der Waals surface area contributed by atoms with Gasteiger partial charge in [-0.05, 0) is 54.3 Å². The van der Waals surface area contributed by atoms with Crippen molar-refractivity contribution in [1.29, 1.82) is 0 Å². The number of rotatable bonds is 6. The van der Waals surface area contributed by atoms with Crippen molar-refractivity contribution in [2.24, 2.45) is 4.99 Å². The second kappa shape index (κ2) is 8.29. The molecule has 0 atom stereocenters. The molecule has 3 aromatic carbocycles. The zero-order valence-corrected chi connectivity index (χ0v) is 14.8. The molecule has 0 aromatic heterocycles. The van der Waals surface area contributed by atoms with Gasteiger partial charge in [0.25, 0.3) is 0 Å². The van der Waals surface area contributed by atoms with E-state index in [1.165, 1.54) is 16.7 Å². The summed E-state index contributed by atoms with van der Waals surface area (Å²) in [7, 11) is 0. The van der Waals surface area contributed by atoms with Crippen LogP contribution in [-0.2, 0) is 13.0 Å². The van der Waals surface area contributed by atoms with E-state index >= 15 is 0 Å². The number of aryl methyl sites for hydroxylation is 2. The van der Waals surface area contributed by atoms with Gasteiger partial charge < -0.3 is 4.74 Å². The summed E-state index contributed by atoms with van der Waals surface area (Å²) in [5.74, 6) is 0.853. The van der Waals surface area contributed by atoms with Gasteiger partial charge in [-0.3, -0.25) is 4.99 Å². The van der Waals surface area contributed by atoms with Gasteiger partial charge in [0.1, 0.15) is 12.4 Å². The predicted octanol–water partition coefficient (Wildman–Crippen LogP) is 5.89. The minimum atomic E-state index is 0.569. The van der Waals surface area contributed by atoms with Gasteiger partial charge in [-0.25, -0.2) is 0 Å².